The number of benzene rings is 1. The zero-order chi connectivity index (χ0) is 22.9. The molecule has 0 radical (unpaired) electrons. The summed E-state index contributed by atoms with van der Waals surface area (Å²) in [4.78, 5) is 30.9. The van der Waals surface area contributed by atoms with Crippen LogP contribution < -0.4 is 10.6 Å². The van der Waals surface area contributed by atoms with Gasteiger partial charge in [0.05, 0.1) is 17.4 Å². The maximum absolute atomic E-state index is 12.7. The number of aliphatic imine (C=N–C) groups is 1. The third-order valence-corrected chi connectivity index (χ3v) is 6.62. The average Bonchev–Trinajstić information content (AvgIpc) is 3.44. The number of likely N-dealkylation sites (tertiary alicyclic amines) is 1. The Hall–Kier alpha value is -2.11. The Labute approximate surface area is 208 Å². The molecule has 4 rings (SSSR count). The lowest BCUT2D eigenvalue weighted by Crippen LogP contribution is -2.40. The van der Waals surface area contributed by atoms with Crippen LogP contribution in [0.1, 0.15) is 24.0 Å². The van der Waals surface area contributed by atoms with Crippen molar-refractivity contribution in [2.24, 2.45) is 28.7 Å². The Bertz CT molecular complexity index is 903. The van der Waals surface area contributed by atoms with Crippen LogP contribution >= 0.6 is 24.0 Å². The standard InChI is InChI=1S/C23H27F3N4O2.HI/c1-27-22(29-11-9-14-3-7-17(8-4-14)23(24,25)26)28-10-2-12-30-20(31)18-15-5-6-16(13-15)19(18)21(30)32;/h3-8,15-16,18-19H,2,9-13H2,1H3,(H2,27,28,29);1H. The molecule has 2 fully saturated rings. The van der Waals surface area contributed by atoms with Gasteiger partial charge in [-0.1, -0.05) is 24.3 Å². The molecule has 3 aliphatic rings. The van der Waals surface area contributed by atoms with Gasteiger partial charge in [0.25, 0.3) is 0 Å². The van der Waals surface area contributed by atoms with Crippen LogP contribution in [0.4, 0.5) is 13.2 Å². The molecule has 1 heterocycles. The second-order valence-electron chi connectivity index (χ2n) is 8.55. The molecule has 1 aromatic carbocycles. The van der Waals surface area contributed by atoms with E-state index in [4.69, 9.17) is 0 Å². The van der Waals surface area contributed by atoms with Gasteiger partial charge in [-0.05, 0) is 48.8 Å². The summed E-state index contributed by atoms with van der Waals surface area (Å²) in [5.41, 5.74) is 0.134. The maximum atomic E-state index is 12.7. The van der Waals surface area contributed by atoms with Crippen LogP contribution in [0.5, 0.6) is 0 Å². The topological polar surface area (TPSA) is 73.8 Å². The van der Waals surface area contributed by atoms with Crippen molar-refractivity contribution in [3.8, 4) is 0 Å². The van der Waals surface area contributed by atoms with E-state index in [0.717, 1.165) is 24.1 Å². The van der Waals surface area contributed by atoms with Crippen molar-refractivity contribution in [2.45, 2.75) is 25.4 Å². The summed E-state index contributed by atoms with van der Waals surface area (Å²) in [7, 11) is 1.63. The minimum atomic E-state index is -4.33. The van der Waals surface area contributed by atoms with E-state index in [1.807, 2.05) is 0 Å². The van der Waals surface area contributed by atoms with E-state index in [1.54, 1.807) is 7.05 Å². The summed E-state index contributed by atoms with van der Waals surface area (Å²) >= 11 is 0. The van der Waals surface area contributed by atoms with Gasteiger partial charge in [0.1, 0.15) is 0 Å². The summed E-state index contributed by atoms with van der Waals surface area (Å²) in [5, 5.41) is 6.27. The fraction of sp³-hybridized carbons (Fsp3) is 0.522. The number of hydrogen-bond donors (Lipinski definition) is 2. The van der Waals surface area contributed by atoms with E-state index < -0.39 is 11.7 Å². The van der Waals surface area contributed by atoms with Gasteiger partial charge in [-0.25, -0.2) is 0 Å². The second kappa shape index (κ2) is 10.4. The van der Waals surface area contributed by atoms with E-state index in [2.05, 4.69) is 27.8 Å². The molecular weight excluding hydrogens is 548 g/mol. The van der Waals surface area contributed by atoms with Crippen molar-refractivity contribution in [2.75, 3.05) is 26.7 Å². The number of rotatable bonds is 7. The number of carbonyl (C=O) groups excluding carboxylic acids is 2. The van der Waals surface area contributed by atoms with Gasteiger partial charge in [0.15, 0.2) is 5.96 Å². The Balaban J connectivity index is 0.00000306. The fourth-order valence-electron chi connectivity index (χ4n) is 5.03. The van der Waals surface area contributed by atoms with Crippen molar-refractivity contribution in [3.63, 3.8) is 0 Å². The van der Waals surface area contributed by atoms with Gasteiger partial charge in [-0.3, -0.25) is 19.5 Å². The van der Waals surface area contributed by atoms with E-state index >= 15 is 0 Å². The second-order valence-corrected chi connectivity index (χ2v) is 8.55. The first-order valence-corrected chi connectivity index (χ1v) is 10.9. The van der Waals surface area contributed by atoms with Crippen molar-refractivity contribution in [3.05, 3.63) is 47.5 Å². The lowest BCUT2D eigenvalue weighted by atomic mass is 9.85. The summed E-state index contributed by atoms with van der Waals surface area (Å²) in [6, 6.07) is 5.11. The van der Waals surface area contributed by atoms with Crippen LogP contribution in [0.15, 0.2) is 41.4 Å². The van der Waals surface area contributed by atoms with Crippen molar-refractivity contribution in [1.82, 2.24) is 15.5 Å². The maximum Gasteiger partial charge on any atom is 0.416 e. The molecule has 33 heavy (non-hydrogen) atoms. The highest BCUT2D eigenvalue weighted by atomic mass is 127. The SMILES string of the molecule is CN=C(NCCCN1C(=O)C2C3C=CC(C3)C2C1=O)NCCc1ccc(C(F)(F)F)cc1.I. The molecule has 2 bridgehead atoms. The first kappa shape index (κ1) is 25.5. The minimum absolute atomic E-state index is 0. The molecule has 6 nitrogen and oxygen atoms in total. The number of nitrogens with one attached hydrogen (secondary N) is 2. The first-order chi connectivity index (χ1) is 15.3. The summed E-state index contributed by atoms with van der Waals surface area (Å²) in [6.45, 7) is 1.43. The van der Waals surface area contributed by atoms with Gasteiger partial charge in [0.2, 0.25) is 11.8 Å². The number of amides is 2. The third-order valence-electron chi connectivity index (χ3n) is 6.62. The lowest BCUT2D eigenvalue weighted by molar-refractivity contribution is -0.141. The predicted octanol–water partition coefficient (Wildman–Crippen LogP) is 3.23. The van der Waals surface area contributed by atoms with Crippen LogP contribution in [0.2, 0.25) is 0 Å². The molecule has 2 N–H and O–H groups in total. The quantitative estimate of drug-likeness (QED) is 0.131. The molecule has 2 amide bonds. The van der Waals surface area contributed by atoms with Crippen molar-refractivity contribution in [1.29, 1.82) is 0 Å². The summed E-state index contributed by atoms with van der Waals surface area (Å²) in [6.07, 6.45) is 1.93. The molecule has 1 aliphatic heterocycles. The lowest BCUT2D eigenvalue weighted by Gasteiger charge is -2.18. The number of guanidine groups is 1. The Morgan fingerprint density at radius 2 is 1.61 bits per heavy atom. The number of nitrogens with zero attached hydrogens (tertiary/aromatic N) is 2. The monoisotopic (exact) mass is 576 g/mol. The highest BCUT2D eigenvalue weighted by Crippen LogP contribution is 2.52. The number of hydrogen-bond acceptors (Lipinski definition) is 3. The Morgan fingerprint density at radius 1 is 1.03 bits per heavy atom. The van der Waals surface area contributed by atoms with Gasteiger partial charge >= 0.3 is 6.18 Å². The van der Waals surface area contributed by atoms with Gasteiger partial charge < -0.3 is 10.6 Å². The van der Waals surface area contributed by atoms with E-state index in [9.17, 15) is 22.8 Å². The molecule has 4 unspecified atom stereocenters. The number of allylic oxidation sites excluding steroid dienone is 2. The Morgan fingerprint density at radius 3 is 2.15 bits per heavy atom. The first-order valence-electron chi connectivity index (χ1n) is 10.9. The highest BCUT2D eigenvalue weighted by molar-refractivity contribution is 14.0. The molecule has 180 valence electrons. The fourth-order valence-corrected chi connectivity index (χ4v) is 5.03. The molecule has 1 saturated carbocycles. The van der Waals surface area contributed by atoms with Crippen LogP contribution in [0.3, 0.4) is 0 Å². The molecule has 4 atom stereocenters. The zero-order valence-electron chi connectivity index (χ0n) is 18.3. The van der Waals surface area contributed by atoms with E-state index in [1.165, 1.54) is 17.0 Å². The van der Waals surface area contributed by atoms with Gasteiger partial charge in [0, 0.05) is 26.7 Å². The van der Waals surface area contributed by atoms with Crippen LogP contribution in [-0.4, -0.2) is 49.4 Å². The largest absolute Gasteiger partial charge is 0.416 e. The van der Waals surface area contributed by atoms with Crippen LogP contribution in [0.25, 0.3) is 0 Å². The number of alkyl halides is 3. The van der Waals surface area contributed by atoms with Gasteiger partial charge in [-0.15, -0.1) is 24.0 Å². The smallest absolute Gasteiger partial charge is 0.356 e. The van der Waals surface area contributed by atoms with Crippen LogP contribution in [-0.2, 0) is 22.2 Å². The number of halogens is 4. The average molecular weight is 576 g/mol. The molecule has 1 saturated heterocycles. The highest BCUT2D eigenvalue weighted by Gasteiger charge is 2.58. The van der Waals surface area contributed by atoms with E-state index in [-0.39, 0.29) is 59.5 Å². The molecule has 2 aliphatic carbocycles. The minimum Gasteiger partial charge on any atom is -0.356 e. The molecule has 0 spiro atoms. The molecule has 1 aromatic rings. The van der Waals surface area contributed by atoms with Gasteiger partial charge in [-0.2, -0.15) is 13.2 Å². The molecule has 10 heteroatoms. The predicted molar refractivity (Wildman–Crippen MR) is 129 cm³/mol. The summed E-state index contributed by atoms with van der Waals surface area (Å²) in [5.74, 6) is 0.617. The van der Waals surface area contributed by atoms with Crippen molar-refractivity contribution >= 4 is 41.8 Å². The zero-order valence-corrected chi connectivity index (χ0v) is 20.6. The van der Waals surface area contributed by atoms with Crippen molar-refractivity contribution < 1.29 is 22.8 Å². The van der Waals surface area contributed by atoms with E-state index in [0.29, 0.717) is 38.4 Å². The molecule has 0 aromatic heterocycles. The van der Waals surface area contributed by atoms with Crippen LogP contribution in [0, 0.1) is 23.7 Å². The molecular formula is C23H28F3IN4O2. The number of imide groups is 1. The third kappa shape index (κ3) is 5.36. The Kier molecular flexibility index (Phi) is 8.07. The summed E-state index contributed by atoms with van der Waals surface area (Å²) < 4.78 is 37.9. The number of carbonyl (C=O) groups is 2. The number of fused-ring (bicyclic) bond motifs is 5. The normalized spacial score (nSPS) is 25.9.